The monoisotopic (exact) mass is 566 g/mol. The van der Waals surface area contributed by atoms with Crippen LogP contribution in [0.2, 0.25) is 19.6 Å². The fourth-order valence-electron chi connectivity index (χ4n) is 4.73. The predicted molar refractivity (Wildman–Crippen MR) is 157 cm³/mol. The maximum Gasteiger partial charge on any atom is -0.0112 e. The van der Waals surface area contributed by atoms with E-state index in [1.807, 2.05) is 6.07 Å². The Morgan fingerprint density at radius 3 is 2.08 bits per heavy atom. The molecule has 0 aromatic heterocycles. The van der Waals surface area contributed by atoms with Crippen LogP contribution < -0.4 is 0 Å². The molecule has 0 amide bonds. The summed E-state index contributed by atoms with van der Waals surface area (Å²) in [7, 11) is -1.07. The second-order valence-corrected chi connectivity index (χ2v) is 17.5. The molecule has 3 aromatic rings. The molecule has 0 N–H and O–H groups in total. The van der Waals surface area contributed by atoms with Gasteiger partial charge in [-0.05, 0) is 14.5 Å². The van der Waals surface area contributed by atoms with Crippen molar-refractivity contribution in [1.82, 2.24) is 0 Å². The largest absolute Gasteiger partial charge is 0.267 e. The van der Waals surface area contributed by atoms with E-state index in [-0.39, 0.29) is 5.41 Å². The van der Waals surface area contributed by atoms with E-state index < -0.39 is 8.07 Å². The van der Waals surface area contributed by atoms with Crippen LogP contribution in [0.4, 0.5) is 0 Å². The Balaban J connectivity index is 0.000000151. The van der Waals surface area contributed by atoms with E-state index in [0.717, 1.165) is 6.42 Å². The van der Waals surface area contributed by atoms with Crippen LogP contribution >= 0.6 is 0 Å². The van der Waals surface area contributed by atoms with Gasteiger partial charge < -0.3 is 0 Å². The molecule has 36 heavy (non-hydrogen) atoms. The zero-order valence-corrected chi connectivity index (χ0v) is 26.7. The van der Waals surface area contributed by atoms with Crippen LogP contribution in [0.25, 0.3) is 11.1 Å². The minimum absolute atomic E-state index is 0.277. The van der Waals surface area contributed by atoms with Gasteiger partial charge in [0.1, 0.15) is 0 Å². The van der Waals surface area contributed by atoms with Gasteiger partial charge in [-0.1, -0.05) is 74.8 Å². The summed E-state index contributed by atoms with van der Waals surface area (Å²) in [5.41, 5.74) is 9.93. The Hall–Kier alpha value is -1.89. The van der Waals surface area contributed by atoms with Crippen molar-refractivity contribution in [3.05, 3.63) is 118 Å². The molecule has 0 saturated carbocycles. The third-order valence-electron chi connectivity index (χ3n) is 6.63. The van der Waals surface area contributed by atoms with Crippen molar-refractivity contribution in [3.8, 4) is 11.1 Å². The number of hydrogen-bond acceptors (Lipinski definition) is 0. The van der Waals surface area contributed by atoms with Crippen LogP contribution in [0.5, 0.6) is 0 Å². The Labute approximate surface area is 235 Å². The molecule has 5 rings (SSSR count). The van der Waals surface area contributed by atoms with Crippen molar-refractivity contribution < 1.29 is 24.2 Å². The molecule has 184 valence electrons. The van der Waals surface area contributed by atoms with Crippen LogP contribution in [0.15, 0.2) is 83.6 Å². The Morgan fingerprint density at radius 1 is 0.917 bits per heavy atom. The maximum absolute atomic E-state index is 3.43. The SMILES string of the molecule is CC(C)(C)c1ccc([CH]=[Zr+2])cc1.CC1=[C-]C(C)C=C1[Si](C)(C)C.[c-]1cccc2c1Cc1ccccc1-2. The summed E-state index contributed by atoms with van der Waals surface area (Å²) < 4.78 is 2.21. The van der Waals surface area contributed by atoms with Gasteiger partial charge in [0.05, 0.1) is 0 Å². The van der Waals surface area contributed by atoms with E-state index in [1.54, 1.807) is 5.20 Å². The van der Waals surface area contributed by atoms with Crippen molar-refractivity contribution >= 4 is 11.8 Å². The summed E-state index contributed by atoms with van der Waals surface area (Å²) in [5, 5.41) is 1.60. The van der Waals surface area contributed by atoms with Crippen molar-refractivity contribution in [2.45, 2.75) is 66.1 Å². The van der Waals surface area contributed by atoms with Gasteiger partial charge in [-0.3, -0.25) is 6.08 Å². The van der Waals surface area contributed by atoms with Crippen LogP contribution in [-0.4, -0.2) is 11.8 Å². The van der Waals surface area contributed by atoms with Crippen LogP contribution in [-0.2, 0) is 36.1 Å². The molecule has 2 aliphatic rings. The number of fused-ring (bicyclic) bond motifs is 3. The summed E-state index contributed by atoms with van der Waals surface area (Å²) in [6.07, 6.45) is 6.86. The maximum atomic E-state index is 3.43. The van der Waals surface area contributed by atoms with E-state index in [2.05, 4.69) is 137 Å². The van der Waals surface area contributed by atoms with Crippen molar-refractivity contribution in [3.63, 3.8) is 0 Å². The number of hydrogen-bond donors (Lipinski definition) is 0. The fourth-order valence-corrected chi connectivity index (χ4v) is 7.15. The predicted octanol–water partition coefficient (Wildman–Crippen LogP) is 8.93. The molecule has 0 bridgehead atoms. The topological polar surface area (TPSA) is 0 Å². The second kappa shape index (κ2) is 12.1. The first kappa shape index (κ1) is 28.7. The summed E-state index contributed by atoms with van der Waals surface area (Å²) in [6.45, 7) is 18.3. The van der Waals surface area contributed by atoms with E-state index in [0.29, 0.717) is 5.92 Å². The first-order valence-corrected chi connectivity index (χ1v) is 17.8. The van der Waals surface area contributed by atoms with E-state index in [4.69, 9.17) is 0 Å². The molecule has 2 aliphatic carbocycles. The van der Waals surface area contributed by atoms with Crippen LogP contribution in [0.3, 0.4) is 0 Å². The van der Waals surface area contributed by atoms with Gasteiger partial charge in [0, 0.05) is 0 Å². The Kier molecular flexibility index (Phi) is 9.64. The average Bonchev–Trinajstić information content (AvgIpc) is 3.38. The summed E-state index contributed by atoms with van der Waals surface area (Å²) in [4.78, 5) is 0. The molecule has 3 aromatic carbocycles. The molecule has 0 spiro atoms. The van der Waals surface area contributed by atoms with Gasteiger partial charge >= 0.3 is 89.5 Å². The quantitative estimate of drug-likeness (QED) is 0.168. The Bertz CT molecular complexity index is 1200. The summed E-state index contributed by atoms with van der Waals surface area (Å²) >= 11 is 1.46. The molecule has 0 aliphatic heterocycles. The van der Waals surface area contributed by atoms with E-state index >= 15 is 0 Å². The first-order valence-electron chi connectivity index (χ1n) is 12.9. The van der Waals surface area contributed by atoms with Gasteiger partial charge in [0.25, 0.3) is 0 Å². The molecule has 0 saturated heterocycles. The average molecular weight is 568 g/mol. The zero-order valence-electron chi connectivity index (χ0n) is 23.3. The number of allylic oxidation sites excluding steroid dienone is 4. The third-order valence-corrected chi connectivity index (χ3v) is 9.61. The first-order chi connectivity index (χ1) is 16.9. The number of rotatable bonds is 2. The molecular weight excluding hydrogens is 528 g/mol. The molecule has 0 nitrogen and oxygen atoms in total. The second-order valence-electron chi connectivity index (χ2n) is 11.8. The van der Waals surface area contributed by atoms with E-state index in [1.165, 1.54) is 63.2 Å². The van der Waals surface area contributed by atoms with Gasteiger partial charge in [-0.2, -0.15) is 35.9 Å². The fraction of sp³-hybridized carbons (Fsp3) is 0.324. The van der Waals surface area contributed by atoms with Crippen molar-refractivity contribution in [1.29, 1.82) is 0 Å². The molecule has 0 radical (unpaired) electrons. The standard InChI is InChI=1S/C13H9.C11H14.C10H17Si.Zr/c1-3-7-12-10(5-1)9-11-6-2-4-8-13(11)12;1-9-5-7-10(8-6-9)11(2,3)4;1-8-6-9(2)10(7-8)11(3,4)5;/h1-5,7-8H,9H2;1,5-8H,2-4H3;7-8H,1-5H3;/q-1;;-1;+2. The van der Waals surface area contributed by atoms with Gasteiger partial charge in [0.15, 0.2) is 0 Å². The zero-order chi connectivity index (χ0) is 26.5. The molecule has 1 atom stereocenters. The summed E-state index contributed by atoms with van der Waals surface area (Å²) in [6, 6.07) is 26.9. The van der Waals surface area contributed by atoms with Gasteiger partial charge in [-0.25, -0.2) is 10.8 Å². The summed E-state index contributed by atoms with van der Waals surface area (Å²) in [5.74, 6) is 0.553. The third kappa shape index (κ3) is 7.56. The molecule has 2 heteroatoms. The molecular formula is C34H40SiZr. The molecule has 0 fully saturated rings. The van der Waals surface area contributed by atoms with Crippen molar-refractivity contribution in [2.24, 2.45) is 5.92 Å². The minimum Gasteiger partial charge on any atom is -0.267 e. The van der Waals surface area contributed by atoms with Crippen LogP contribution in [0, 0.1) is 18.1 Å². The normalized spacial score (nSPS) is 15.9. The minimum atomic E-state index is -1.07. The smallest absolute Gasteiger partial charge is 0.0112 e. The number of benzene rings is 3. The Morgan fingerprint density at radius 2 is 1.56 bits per heavy atom. The molecule has 1 unspecified atom stereocenters. The van der Waals surface area contributed by atoms with Gasteiger partial charge in [0.2, 0.25) is 0 Å². The molecule has 0 heterocycles. The van der Waals surface area contributed by atoms with E-state index in [9.17, 15) is 0 Å². The van der Waals surface area contributed by atoms with Crippen molar-refractivity contribution in [2.75, 3.05) is 0 Å². The van der Waals surface area contributed by atoms with Gasteiger partial charge in [-0.15, -0.1) is 5.56 Å². The van der Waals surface area contributed by atoms with Crippen LogP contribution in [0.1, 0.15) is 56.9 Å².